The Hall–Kier alpha value is -2.67. The van der Waals surface area contributed by atoms with Crippen LogP contribution in [-0.2, 0) is 6.54 Å². The number of fused-ring (bicyclic) bond motifs is 1. The van der Waals surface area contributed by atoms with Crippen molar-refractivity contribution in [3.8, 4) is 0 Å². The Morgan fingerprint density at radius 3 is 2.62 bits per heavy atom. The average Bonchev–Trinajstić information content (AvgIpc) is 3.47. The van der Waals surface area contributed by atoms with Gasteiger partial charge in [-0.25, -0.2) is 9.97 Å². The number of benzene rings is 1. The molecule has 29 heavy (non-hydrogen) atoms. The van der Waals surface area contributed by atoms with Crippen LogP contribution < -0.4 is 10.5 Å². The maximum Gasteiger partial charge on any atom is 0.261 e. The Bertz CT molecular complexity index is 1070. The highest BCUT2D eigenvalue weighted by Gasteiger charge is 2.26. The molecule has 7 nitrogen and oxygen atoms in total. The topological polar surface area (TPSA) is 59.2 Å². The van der Waals surface area contributed by atoms with Crippen LogP contribution in [0, 0.1) is 0 Å². The van der Waals surface area contributed by atoms with Crippen molar-refractivity contribution < 1.29 is 0 Å². The summed E-state index contributed by atoms with van der Waals surface area (Å²) < 4.78 is 4.04. The molecule has 1 saturated carbocycles. The minimum atomic E-state index is 0.0348. The van der Waals surface area contributed by atoms with E-state index in [0.29, 0.717) is 11.4 Å². The Kier molecular flexibility index (Phi) is 4.62. The lowest BCUT2D eigenvalue weighted by Gasteiger charge is -2.36. The lowest BCUT2D eigenvalue weighted by atomic mass is 10.2. The molecule has 0 amide bonds. The third-order valence-corrected chi connectivity index (χ3v) is 6.12. The van der Waals surface area contributed by atoms with Gasteiger partial charge in [0.05, 0.1) is 23.8 Å². The van der Waals surface area contributed by atoms with Crippen molar-refractivity contribution in [1.29, 1.82) is 0 Å². The van der Waals surface area contributed by atoms with Crippen LogP contribution in [0.3, 0.4) is 0 Å². The number of piperazine rings is 1. The average molecular weight is 393 g/mol. The Labute approximate surface area is 170 Å². The molecule has 152 valence electrons. The second kappa shape index (κ2) is 7.30. The van der Waals surface area contributed by atoms with Gasteiger partial charge in [-0.3, -0.25) is 14.3 Å². The first-order valence-electron chi connectivity index (χ1n) is 10.6. The number of hydrogen-bond acceptors (Lipinski definition) is 5. The van der Waals surface area contributed by atoms with E-state index in [-0.39, 0.29) is 11.6 Å². The van der Waals surface area contributed by atoms with Gasteiger partial charge in [-0.1, -0.05) is 0 Å². The summed E-state index contributed by atoms with van der Waals surface area (Å²) in [5.41, 5.74) is 1.96. The van der Waals surface area contributed by atoms with Crippen LogP contribution in [0.5, 0.6) is 0 Å². The van der Waals surface area contributed by atoms with Gasteiger partial charge in [-0.15, -0.1) is 0 Å². The number of aromatic nitrogens is 4. The van der Waals surface area contributed by atoms with Crippen molar-refractivity contribution in [2.75, 3.05) is 31.1 Å². The Morgan fingerprint density at radius 2 is 1.90 bits per heavy atom. The molecule has 1 aromatic carbocycles. The fourth-order valence-corrected chi connectivity index (χ4v) is 4.20. The predicted molar refractivity (Wildman–Crippen MR) is 114 cm³/mol. The van der Waals surface area contributed by atoms with E-state index in [1.54, 1.807) is 10.9 Å². The third kappa shape index (κ3) is 3.55. The zero-order chi connectivity index (χ0) is 20.0. The minimum absolute atomic E-state index is 0.0348. The van der Waals surface area contributed by atoms with Crippen LogP contribution in [0.4, 0.5) is 5.69 Å². The van der Waals surface area contributed by atoms with E-state index >= 15 is 0 Å². The molecule has 2 aliphatic rings. The fourth-order valence-electron chi connectivity index (χ4n) is 4.20. The quantitative estimate of drug-likeness (QED) is 0.668. The van der Waals surface area contributed by atoms with Crippen LogP contribution in [0.1, 0.15) is 44.6 Å². The molecule has 5 rings (SSSR count). The van der Waals surface area contributed by atoms with Gasteiger partial charge in [-0.05, 0) is 44.9 Å². The first kappa shape index (κ1) is 18.4. The number of hydrogen-bond donors (Lipinski definition) is 0. The van der Waals surface area contributed by atoms with Gasteiger partial charge in [0.25, 0.3) is 5.56 Å². The number of anilines is 1. The molecule has 2 aromatic heterocycles. The zero-order valence-corrected chi connectivity index (χ0v) is 17.2. The maximum atomic E-state index is 12.6. The van der Waals surface area contributed by atoms with Crippen molar-refractivity contribution in [3.05, 3.63) is 53.1 Å². The molecule has 1 aliphatic carbocycles. The molecule has 0 bridgehead atoms. The van der Waals surface area contributed by atoms with E-state index in [0.717, 1.165) is 43.9 Å². The van der Waals surface area contributed by atoms with Crippen LogP contribution in [0.25, 0.3) is 10.9 Å². The summed E-state index contributed by atoms with van der Waals surface area (Å²) in [6.07, 6.45) is 8.29. The molecule has 2 fully saturated rings. The molecule has 0 radical (unpaired) electrons. The SMILES string of the molecule is CC(C)n1cnc2cc(N3CCN(Cc4nccn4C4CC4)CC3)ccc2c1=O. The summed E-state index contributed by atoms with van der Waals surface area (Å²) in [6, 6.07) is 6.84. The van der Waals surface area contributed by atoms with Crippen molar-refractivity contribution in [2.45, 2.75) is 45.3 Å². The van der Waals surface area contributed by atoms with Gasteiger partial charge in [0.2, 0.25) is 0 Å². The zero-order valence-electron chi connectivity index (χ0n) is 17.2. The lowest BCUT2D eigenvalue weighted by molar-refractivity contribution is 0.240. The molecule has 0 N–H and O–H groups in total. The summed E-state index contributed by atoms with van der Waals surface area (Å²) >= 11 is 0. The number of nitrogens with zero attached hydrogens (tertiary/aromatic N) is 6. The molecular formula is C22H28N6O. The number of imidazole rings is 1. The molecule has 1 aliphatic heterocycles. The summed E-state index contributed by atoms with van der Waals surface area (Å²) in [7, 11) is 0. The van der Waals surface area contributed by atoms with Gasteiger partial charge in [-0.2, -0.15) is 0 Å². The molecule has 1 saturated heterocycles. The number of rotatable bonds is 5. The summed E-state index contributed by atoms with van der Waals surface area (Å²) in [6.45, 7) is 8.89. The smallest absolute Gasteiger partial charge is 0.261 e. The molecule has 0 spiro atoms. The van der Waals surface area contributed by atoms with Crippen molar-refractivity contribution in [1.82, 2.24) is 24.0 Å². The van der Waals surface area contributed by atoms with Crippen molar-refractivity contribution in [3.63, 3.8) is 0 Å². The molecule has 0 atom stereocenters. The van der Waals surface area contributed by atoms with Gasteiger partial charge >= 0.3 is 0 Å². The normalized spacial score (nSPS) is 18.1. The molecule has 3 heterocycles. The summed E-state index contributed by atoms with van der Waals surface area (Å²) in [4.78, 5) is 26.6. The highest BCUT2D eigenvalue weighted by Crippen LogP contribution is 2.35. The van der Waals surface area contributed by atoms with Crippen LogP contribution in [-0.4, -0.2) is 50.2 Å². The molecule has 0 unspecified atom stereocenters. The first-order chi connectivity index (χ1) is 14.1. The van der Waals surface area contributed by atoms with E-state index in [1.165, 1.54) is 18.7 Å². The van der Waals surface area contributed by atoms with Gasteiger partial charge in [0.15, 0.2) is 0 Å². The standard InChI is InChI=1S/C22H28N6O/c1-16(2)28-15-24-20-13-18(5-6-19(20)22(28)29)26-11-9-25(10-12-26)14-21-23-7-8-27(21)17-3-4-17/h5-8,13,15-17H,3-4,9-12,14H2,1-2H3. The third-order valence-electron chi connectivity index (χ3n) is 6.12. The van der Waals surface area contributed by atoms with Gasteiger partial charge in [0.1, 0.15) is 5.82 Å². The van der Waals surface area contributed by atoms with Crippen molar-refractivity contribution in [2.24, 2.45) is 0 Å². The monoisotopic (exact) mass is 392 g/mol. The van der Waals surface area contributed by atoms with E-state index in [1.807, 2.05) is 26.1 Å². The largest absolute Gasteiger partial charge is 0.369 e. The minimum Gasteiger partial charge on any atom is -0.369 e. The summed E-state index contributed by atoms with van der Waals surface area (Å²) in [5, 5.41) is 0.690. The maximum absolute atomic E-state index is 12.6. The van der Waals surface area contributed by atoms with E-state index < -0.39 is 0 Å². The van der Waals surface area contributed by atoms with E-state index in [4.69, 9.17) is 0 Å². The van der Waals surface area contributed by atoms with Crippen LogP contribution in [0.15, 0.2) is 41.7 Å². The Morgan fingerprint density at radius 1 is 1.10 bits per heavy atom. The molecule has 7 heteroatoms. The molecule has 3 aromatic rings. The predicted octanol–water partition coefficient (Wildman–Crippen LogP) is 2.83. The second-order valence-electron chi connectivity index (χ2n) is 8.50. The highest BCUT2D eigenvalue weighted by atomic mass is 16.1. The first-order valence-corrected chi connectivity index (χ1v) is 10.6. The molecular weight excluding hydrogens is 364 g/mol. The summed E-state index contributed by atoms with van der Waals surface area (Å²) in [5.74, 6) is 1.19. The van der Waals surface area contributed by atoms with Gasteiger partial charge < -0.3 is 9.47 Å². The Balaban J connectivity index is 1.28. The fraction of sp³-hybridized carbons (Fsp3) is 0.500. The van der Waals surface area contributed by atoms with Crippen LogP contribution >= 0.6 is 0 Å². The van der Waals surface area contributed by atoms with E-state index in [2.05, 4.69) is 42.7 Å². The van der Waals surface area contributed by atoms with Crippen molar-refractivity contribution >= 4 is 16.6 Å². The highest BCUT2D eigenvalue weighted by molar-refractivity contribution is 5.81. The lowest BCUT2D eigenvalue weighted by Crippen LogP contribution is -2.46. The van der Waals surface area contributed by atoms with Crippen LogP contribution in [0.2, 0.25) is 0 Å². The second-order valence-corrected chi connectivity index (χ2v) is 8.50. The van der Waals surface area contributed by atoms with Gasteiger partial charge in [0, 0.05) is 56.3 Å². The van der Waals surface area contributed by atoms with E-state index in [9.17, 15) is 4.79 Å².